The lowest BCUT2D eigenvalue weighted by molar-refractivity contribution is -0.384. The second kappa shape index (κ2) is 7.75. The first-order chi connectivity index (χ1) is 10.1. The molecule has 0 aliphatic carbocycles. The van der Waals surface area contributed by atoms with E-state index in [0.29, 0.717) is 11.1 Å². The standard InChI is InChI=1S/C15H11NO3.C2H6/c1-11(12-5-3-2-4-6-12)15(17)13-7-9-14(10-8-13)16(18)19;1-2/h2-10H,1H2;1-2H3. The Morgan fingerprint density at radius 3 is 1.95 bits per heavy atom. The minimum absolute atomic E-state index is 0.0399. The molecule has 0 saturated carbocycles. The number of nitro groups is 1. The number of Topliss-reactive ketones (excluding diaryl/α,β-unsaturated/α-hetero) is 1. The van der Waals surface area contributed by atoms with Crippen molar-refractivity contribution in [3.63, 3.8) is 0 Å². The Balaban J connectivity index is 0.00000106. The summed E-state index contributed by atoms with van der Waals surface area (Å²) in [5.41, 5.74) is 1.46. The van der Waals surface area contributed by atoms with Crippen molar-refractivity contribution in [2.75, 3.05) is 0 Å². The first-order valence-electron chi connectivity index (χ1n) is 6.63. The first kappa shape index (κ1) is 16.3. The molecule has 0 unspecified atom stereocenters. The van der Waals surface area contributed by atoms with Gasteiger partial charge in [0, 0.05) is 23.3 Å². The molecular weight excluding hydrogens is 266 g/mol. The maximum Gasteiger partial charge on any atom is 0.269 e. The van der Waals surface area contributed by atoms with Gasteiger partial charge in [0.15, 0.2) is 5.78 Å². The van der Waals surface area contributed by atoms with Crippen molar-refractivity contribution in [3.8, 4) is 0 Å². The lowest BCUT2D eigenvalue weighted by Crippen LogP contribution is -2.01. The van der Waals surface area contributed by atoms with Crippen molar-refractivity contribution < 1.29 is 9.72 Å². The fraction of sp³-hybridized carbons (Fsp3) is 0.118. The number of carbonyl (C=O) groups is 1. The highest BCUT2D eigenvalue weighted by Crippen LogP contribution is 2.19. The third kappa shape index (κ3) is 4.11. The van der Waals surface area contributed by atoms with Crippen molar-refractivity contribution in [1.29, 1.82) is 0 Å². The van der Waals surface area contributed by atoms with Crippen molar-refractivity contribution in [3.05, 3.63) is 82.4 Å². The van der Waals surface area contributed by atoms with Crippen LogP contribution >= 0.6 is 0 Å². The molecule has 0 aliphatic heterocycles. The molecule has 0 radical (unpaired) electrons. The molecule has 0 bridgehead atoms. The molecule has 0 aromatic heterocycles. The summed E-state index contributed by atoms with van der Waals surface area (Å²) < 4.78 is 0. The fourth-order valence-corrected chi connectivity index (χ4v) is 1.68. The lowest BCUT2D eigenvalue weighted by atomic mass is 9.98. The van der Waals surface area contributed by atoms with Gasteiger partial charge < -0.3 is 0 Å². The van der Waals surface area contributed by atoms with E-state index < -0.39 is 4.92 Å². The maximum absolute atomic E-state index is 12.2. The minimum Gasteiger partial charge on any atom is -0.289 e. The quantitative estimate of drug-likeness (QED) is 0.359. The largest absolute Gasteiger partial charge is 0.289 e. The van der Waals surface area contributed by atoms with Crippen LogP contribution in [0.15, 0.2) is 61.2 Å². The average molecular weight is 283 g/mol. The summed E-state index contributed by atoms with van der Waals surface area (Å²) in [6.45, 7) is 7.78. The molecule has 4 nitrogen and oxygen atoms in total. The van der Waals surface area contributed by atoms with Gasteiger partial charge in [0.05, 0.1) is 4.92 Å². The Morgan fingerprint density at radius 2 is 1.48 bits per heavy atom. The predicted molar refractivity (Wildman–Crippen MR) is 84.3 cm³/mol. The molecule has 21 heavy (non-hydrogen) atoms. The Kier molecular flexibility index (Phi) is 6.01. The van der Waals surface area contributed by atoms with Crippen LogP contribution in [0.3, 0.4) is 0 Å². The molecular formula is C17H17NO3. The van der Waals surface area contributed by atoms with Crippen molar-refractivity contribution in [2.24, 2.45) is 0 Å². The molecule has 0 saturated heterocycles. The maximum atomic E-state index is 12.2. The van der Waals surface area contributed by atoms with E-state index >= 15 is 0 Å². The van der Waals surface area contributed by atoms with Crippen molar-refractivity contribution >= 4 is 17.0 Å². The summed E-state index contributed by atoms with van der Waals surface area (Å²) in [7, 11) is 0. The summed E-state index contributed by atoms with van der Waals surface area (Å²) in [4.78, 5) is 22.2. The van der Waals surface area contributed by atoms with Crippen LogP contribution in [0.25, 0.3) is 5.57 Å². The Morgan fingerprint density at radius 1 is 0.952 bits per heavy atom. The van der Waals surface area contributed by atoms with Crippen LogP contribution < -0.4 is 0 Å². The predicted octanol–water partition coefficient (Wildman–Crippen LogP) is 4.52. The van der Waals surface area contributed by atoms with Gasteiger partial charge in [-0.3, -0.25) is 14.9 Å². The Bertz CT molecular complexity index is 631. The van der Waals surface area contributed by atoms with E-state index in [4.69, 9.17) is 0 Å². The van der Waals surface area contributed by atoms with E-state index in [1.165, 1.54) is 24.3 Å². The van der Waals surface area contributed by atoms with E-state index in [0.717, 1.165) is 5.56 Å². The van der Waals surface area contributed by atoms with Crippen molar-refractivity contribution in [2.45, 2.75) is 13.8 Å². The molecule has 0 atom stereocenters. The van der Waals surface area contributed by atoms with E-state index in [9.17, 15) is 14.9 Å². The molecule has 0 fully saturated rings. The summed E-state index contributed by atoms with van der Waals surface area (Å²) >= 11 is 0. The molecule has 2 aromatic carbocycles. The van der Waals surface area contributed by atoms with E-state index in [1.807, 2.05) is 32.0 Å². The molecule has 2 rings (SSSR count). The highest BCUT2D eigenvalue weighted by Gasteiger charge is 2.13. The molecule has 2 aromatic rings. The van der Waals surface area contributed by atoms with E-state index in [2.05, 4.69) is 6.58 Å². The van der Waals surface area contributed by atoms with Crippen LogP contribution in [0.4, 0.5) is 5.69 Å². The third-order valence-electron chi connectivity index (χ3n) is 2.74. The van der Waals surface area contributed by atoms with Gasteiger partial charge in [0.25, 0.3) is 5.69 Å². The molecule has 108 valence electrons. The van der Waals surface area contributed by atoms with E-state index in [-0.39, 0.29) is 11.5 Å². The number of ketones is 1. The van der Waals surface area contributed by atoms with Crippen LogP contribution in [-0.4, -0.2) is 10.7 Å². The highest BCUT2D eigenvalue weighted by molar-refractivity contribution is 6.28. The zero-order valence-electron chi connectivity index (χ0n) is 12.1. The second-order valence-electron chi connectivity index (χ2n) is 3.98. The van der Waals surface area contributed by atoms with Gasteiger partial charge in [-0.25, -0.2) is 0 Å². The Labute approximate surface area is 123 Å². The van der Waals surface area contributed by atoms with Crippen LogP contribution in [0, 0.1) is 10.1 Å². The number of allylic oxidation sites excluding steroid dienone is 1. The fourth-order valence-electron chi connectivity index (χ4n) is 1.68. The smallest absolute Gasteiger partial charge is 0.269 e. The number of benzene rings is 2. The van der Waals surface area contributed by atoms with Crippen molar-refractivity contribution in [1.82, 2.24) is 0 Å². The molecule has 0 spiro atoms. The molecule has 0 amide bonds. The summed E-state index contributed by atoms with van der Waals surface area (Å²) in [5, 5.41) is 10.5. The zero-order chi connectivity index (χ0) is 15.8. The topological polar surface area (TPSA) is 60.2 Å². The monoisotopic (exact) mass is 283 g/mol. The van der Waals surface area contributed by atoms with Gasteiger partial charge in [0.2, 0.25) is 0 Å². The van der Waals surface area contributed by atoms with Crippen LogP contribution in [0.2, 0.25) is 0 Å². The van der Waals surface area contributed by atoms with Gasteiger partial charge in [-0.05, 0) is 17.7 Å². The van der Waals surface area contributed by atoms with Crippen LogP contribution in [0.5, 0.6) is 0 Å². The highest BCUT2D eigenvalue weighted by atomic mass is 16.6. The lowest BCUT2D eigenvalue weighted by Gasteiger charge is -2.04. The molecule has 0 aliphatic rings. The number of hydrogen-bond donors (Lipinski definition) is 0. The number of nitrogens with zero attached hydrogens (tertiary/aromatic N) is 1. The summed E-state index contributed by atoms with van der Waals surface area (Å²) in [6, 6.07) is 14.6. The molecule has 0 heterocycles. The SMILES string of the molecule is C=C(C(=O)c1ccc([N+](=O)[O-])cc1)c1ccccc1.CC. The van der Waals surface area contributed by atoms with Crippen LogP contribution in [0.1, 0.15) is 29.8 Å². The van der Waals surface area contributed by atoms with Gasteiger partial charge in [-0.1, -0.05) is 50.8 Å². The first-order valence-corrected chi connectivity index (χ1v) is 6.63. The average Bonchev–Trinajstić information content (AvgIpc) is 2.56. The van der Waals surface area contributed by atoms with Gasteiger partial charge in [0.1, 0.15) is 0 Å². The van der Waals surface area contributed by atoms with Gasteiger partial charge in [-0.15, -0.1) is 0 Å². The minimum atomic E-state index is -0.500. The zero-order valence-corrected chi connectivity index (χ0v) is 12.1. The van der Waals surface area contributed by atoms with Gasteiger partial charge in [-0.2, -0.15) is 0 Å². The number of nitro benzene ring substituents is 1. The van der Waals surface area contributed by atoms with Gasteiger partial charge >= 0.3 is 0 Å². The summed E-state index contributed by atoms with van der Waals surface area (Å²) in [6.07, 6.45) is 0. The normalized spacial score (nSPS) is 9.24. The number of non-ortho nitro benzene ring substituents is 1. The number of hydrogen-bond acceptors (Lipinski definition) is 3. The number of carbonyl (C=O) groups excluding carboxylic acids is 1. The molecule has 4 heteroatoms. The second-order valence-corrected chi connectivity index (χ2v) is 3.98. The number of rotatable bonds is 4. The Hall–Kier alpha value is -2.75. The summed E-state index contributed by atoms with van der Waals surface area (Å²) in [5.74, 6) is -0.235. The third-order valence-corrected chi connectivity index (χ3v) is 2.74. The van der Waals surface area contributed by atoms with E-state index in [1.54, 1.807) is 12.1 Å². The molecule has 0 N–H and O–H groups in total. The van der Waals surface area contributed by atoms with Crippen LogP contribution in [-0.2, 0) is 0 Å².